The third kappa shape index (κ3) is 5.10. The highest BCUT2D eigenvalue weighted by atomic mass is 32.1. The Morgan fingerprint density at radius 1 is 0.952 bits per heavy atom. The summed E-state index contributed by atoms with van der Waals surface area (Å²) in [4.78, 5) is 38.8. The Morgan fingerprint density at radius 3 is 2.64 bits per heavy atom. The number of fused-ring (bicyclic) bond motifs is 2. The van der Waals surface area contributed by atoms with Gasteiger partial charge in [0, 0.05) is 40.7 Å². The Labute approximate surface area is 245 Å². The number of Topliss-reactive ketones (excluding diaryl/α,β-unsaturated/α-hetero) is 1. The Kier molecular flexibility index (Phi) is 6.85. The number of anilines is 1. The lowest BCUT2D eigenvalue weighted by Crippen LogP contribution is -2.30. The molecule has 0 bridgehead atoms. The summed E-state index contributed by atoms with van der Waals surface area (Å²) in [6.45, 7) is 3.52. The van der Waals surface area contributed by atoms with Gasteiger partial charge in [0.25, 0.3) is 0 Å². The van der Waals surface area contributed by atoms with Crippen LogP contribution in [-0.4, -0.2) is 49.9 Å². The van der Waals surface area contributed by atoms with Gasteiger partial charge in [-0.1, -0.05) is 6.07 Å². The summed E-state index contributed by atoms with van der Waals surface area (Å²) in [6, 6.07) is 15.9. The molecule has 1 aromatic carbocycles. The molecule has 1 fully saturated rings. The Morgan fingerprint density at radius 2 is 1.81 bits per heavy atom. The van der Waals surface area contributed by atoms with Gasteiger partial charge in [0.1, 0.15) is 5.69 Å². The number of aromatic amines is 2. The number of rotatable bonds is 7. The van der Waals surface area contributed by atoms with E-state index in [-0.39, 0.29) is 11.7 Å². The average Bonchev–Trinajstić information content (AvgIpc) is 3.75. The quantitative estimate of drug-likeness (QED) is 0.163. The molecule has 1 amide bonds. The fraction of sp³-hybridized carbons (Fsp3) is 0.219. The van der Waals surface area contributed by atoms with Crippen molar-refractivity contribution >= 4 is 50.5 Å². The lowest BCUT2D eigenvalue weighted by Gasteiger charge is -2.21. The van der Waals surface area contributed by atoms with E-state index in [4.69, 9.17) is 0 Å². The van der Waals surface area contributed by atoms with Crippen LogP contribution in [0.5, 0.6) is 0 Å². The van der Waals surface area contributed by atoms with Gasteiger partial charge in [-0.05, 0) is 86.8 Å². The zero-order chi connectivity index (χ0) is 28.6. The number of nitrogens with one attached hydrogen (secondary N) is 4. The van der Waals surface area contributed by atoms with E-state index in [1.54, 1.807) is 25.5 Å². The van der Waals surface area contributed by atoms with Crippen molar-refractivity contribution in [3.05, 3.63) is 72.0 Å². The van der Waals surface area contributed by atoms with Gasteiger partial charge in [-0.2, -0.15) is 5.10 Å². The number of carbonyl (C=O) groups is 2. The number of H-pyrrole nitrogens is 2. The topological polar surface area (TPSA) is 128 Å². The maximum Gasteiger partial charge on any atom is 0.224 e. The Balaban J connectivity index is 1.19. The molecule has 42 heavy (non-hydrogen) atoms. The second-order valence-corrected chi connectivity index (χ2v) is 11.8. The normalized spacial score (nSPS) is 14.0. The number of pyridine rings is 2. The molecule has 4 N–H and O–H groups in total. The maximum absolute atomic E-state index is 12.7. The molecular formula is C32H29N7O2S. The van der Waals surface area contributed by atoms with Crippen molar-refractivity contribution in [2.24, 2.45) is 5.92 Å². The molecule has 0 spiro atoms. The van der Waals surface area contributed by atoms with Crippen LogP contribution in [0.1, 0.15) is 35.9 Å². The van der Waals surface area contributed by atoms with Crippen molar-refractivity contribution in [2.75, 3.05) is 18.4 Å². The number of piperidine rings is 1. The van der Waals surface area contributed by atoms with Gasteiger partial charge in [0.2, 0.25) is 5.91 Å². The standard InChI is InChI=1S/C32H29N7O2S/c1-18(40)28-4-5-29(42-28)32-24-15-27(37-25(24)8-11-35-32)31-23-14-20(2-3-26(23)38-39-31)21-13-22(17-34-16-21)36-30(41)12-19-6-9-33-10-7-19/h2-5,8,11,13-17,19,33,37H,6-7,9-10,12H2,1H3,(H,36,41)(H,38,39). The number of thiophene rings is 1. The van der Waals surface area contributed by atoms with Gasteiger partial charge < -0.3 is 15.6 Å². The third-order valence-electron chi connectivity index (χ3n) is 7.84. The average molecular weight is 576 g/mol. The summed E-state index contributed by atoms with van der Waals surface area (Å²) in [5, 5.41) is 16.1. The molecule has 10 heteroatoms. The number of aromatic nitrogens is 5. The van der Waals surface area contributed by atoms with E-state index in [0.29, 0.717) is 22.9 Å². The smallest absolute Gasteiger partial charge is 0.224 e. The molecule has 1 aliphatic rings. The summed E-state index contributed by atoms with van der Waals surface area (Å²) in [6.07, 6.45) is 7.86. The minimum absolute atomic E-state index is 0.0289. The number of benzene rings is 1. The second-order valence-electron chi connectivity index (χ2n) is 10.8. The number of carbonyl (C=O) groups excluding carboxylic acids is 2. The summed E-state index contributed by atoms with van der Waals surface area (Å²) in [5.74, 6) is 0.498. The molecule has 9 nitrogen and oxygen atoms in total. The number of ketones is 1. The first-order chi connectivity index (χ1) is 20.5. The summed E-state index contributed by atoms with van der Waals surface area (Å²) < 4.78 is 0. The van der Waals surface area contributed by atoms with Crippen LogP contribution in [0, 0.1) is 5.92 Å². The zero-order valence-corrected chi connectivity index (χ0v) is 23.8. The van der Waals surface area contributed by atoms with Crippen LogP contribution >= 0.6 is 11.3 Å². The van der Waals surface area contributed by atoms with Gasteiger partial charge in [-0.3, -0.25) is 24.7 Å². The third-order valence-corrected chi connectivity index (χ3v) is 9.03. The largest absolute Gasteiger partial charge is 0.353 e. The Hall–Kier alpha value is -4.67. The van der Waals surface area contributed by atoms with Crippen LogP contribution in [-0.2, 0) is 4.79 Å². The predicted molar refractivity (Wildman–Crippen MR) is 167 cm³/mol. The van der Waals surface area contributed by atoms with E-state index in [9.17, 15) is 9.59 Å². The number of hydrogen-bond donors (Lipinski definition) is 4. The highest BCUT2D eigenvalue weighted by molar-refractivity contribution is 7.17. The number of nitrogens with zero attached hydrogens (tertiary/aromatic N) is 3. The summed E-state index contributed by atoms with van der Waals surface area (Å²) in [7, 11) is 0. The fourth-order valence-electron chi connectivity index (χ4n) is 5.66. The van der Waals surface area contributed by atoms with Crippen LogP contribution in [0.15, 0.2) is 67.1 Å². The summed E-state index contributed by atoms with van der Waals surface area (Å²) in [5.41, 5.74) is 6.92. The molecule has 210 valence electrons. The number of hydrogen-bond acceptors (Lipinski definition) is 7. The van der Waals surface area contributed by atoms with E-state index >= 15 is 0 Å². The molecule has 1 aliphatic heterocycles. The molecule has 0 aliphatic carbocycles. The first-order valence-electron chi connectivity index (χ1n) is 14.1. The molecule has 0 radical (unpaired) electrons. The van der Waals surface area contributed by atoms with E-state index in [0.717, 1.165) is 80.8 Å². The maximum atomic E-state index is 12.7. The highest BCUT2D eigenvalue weighted by Gasteiger charge is 2.18. The van der Waals surface area contributed by atoms with Crippen LogP contribution in [0.2, 0.25) is 0 Å². The molecule has 0 atom stereocenters. The molecule has 5 aromatic heterocycles. The molecule has 7 rings (SSSR count). The van der Waals surface area contributed by atoms with E-state index in [1.165, 1.54) is 11.3 Å². The predicted octanol–water partition coefficient (Wildman–Crippen LogP) is 6.43. The van der Waals surface area contributed by atoms with Crippen LogP contribution in [0.4, 0.5) is 5.69 Å². The van der Waals surface area contributed by atoms with E-state index in [1.807, 2.05) is 36.4 Å². The molecule has 1 saturated heterocycles. The van der Waals surface area contributed by atoms with Crippen LogP contribution in [0.25, 0.3) is 54.9 Å². The van der Waals surface area contributed by atoms with Gasteiger partial charge in [0.15, 0.2) is 5.78 Å². The SMILES string of the molecule is CC(=O)c1ccc(-c2nccc3[nH]c(-c4n[nH]c5ccc(-c6cncc(NC(=O)CC7CCNCC7)c6)cc45)cc23)s1. The van der Waals surface area contributed by atoms with Gasteiger partial charge in [0.05, 0.1) is 38.5 Å². The van der Waals surface area contributed by atoms with Crippen LogP contribution in [0.3, 0.4) is 0 Å². The number of amides is 1. The van der Waals surface area contributed by atoms with E-state index < -0.39 is 0 Å². The monoisotopic (exact) mass is 575 g/mol. The van der Waals surface area contributed by atoms with Gasteiger partial charge in [-0.15, -0.1) is 11.3 Å². The first-order valence-corrected chi connectivity index (χ1v) is 14.9. The van der Waals surface area contributed by atoms with E-state index in [2.05, 4.69) is 47.9 Å². The first kappa shape index (κ1) is 26.2. The van der Waals surface area contributed by atoms with Crippen molar-refractivity contribution in [1.29, 1.82) is 0 Å². The van der Waals surface area contributed by atoms with Crippen molar-refractivity contribution in [3.63, 3.8) is 0 Å². The summed E-state index contributed by atoms with van der Waals surface area (Å²) >= 11 is 1.45. The second kappa shape index (κ2) is 11.0. The lowest BCUT2D eigenvalue weighted by molar-refractivity contribution is -0.117. The molecule has 6 aromatic rings. The van der Waals surface area contributed by atoms with Gasteiger partial charge >= 0.3 is 0 Å². The van der Waals surface area contributed by atoms with Crippen LogP contribution < -0.4 is 10.6 Å². The zero-order valence-electron chi connectivity index (χ0n) is 23.0. The minimum Gasteiger partial charge on any atom is -0.353 e. The fourth-order valence-corrected chi connectivity index (χ4v) is 6.57. The molecule has 0 unspecified atom stereocenters. The van der Waals surface area contributed by atoms with Crippen molar-refractivity contribution in [3.8, 4) is 33.1 Å². The van der Waals surface area contributed by atoms with Crippen molar-refractivity contribution in [1.82, 2.24) is 30.5 Å². The van der Waals surface area contributed by atoms with Gasteiger partial charge in [-0.25, -0.2) is 0 Å². The lowest BCUT2D eigenvalue weighted by atomic mass is 9.94. The molecular weight excluding hydrogens is 546 g/mol. The molecule has 0 saturated carbocycles. The van der Waals surface area contributed by atoms with Crippen molar-refractivity contribution in [2.45, 2.75) is 26.2 Å². The minimum atomic E-state index is 0.0289. The Bertz CT molecular complexity index is 1950. The highest BCUT2D eigenvalue weighted by Crippen LogP contribution is 2.36. The van der Waals surface area contributed by atoms with Crippen molar-refractivity contribution < 1.29 is 9.59 Å². The molecule has 6 heterocycles.